The second-order valence-corrected chi connectivity index (χ2v) is 7.49. The number of amides is 2. The molecule has 4 rings (SSSR count). The Morgan fingerprint density at radius 3 is 2.71 bits per heavy atom. The summed E-state index contributed by atoms with van der Waals surface area (Å²) >= 11 is 0. The van der Waals surface area contributed by atoms with Gasteiger partial charge in [0.25, 0.3) is 0 Å². The van der Waals surface area contributed by atoms with E-state index >= 15 is 0 Å². The molecule has 0 aliphatic carbocycles. The van der Waals surface area contributed by atoms with Crippen molar-refractivity contribution in [3.8, 4) is 11.4 Å². The van der Waals surface area contributed by atoms with Gasteiger partial charge in [0.05, 0.1) is 5.92 Å². The Labute approximate surface area is 163 Å². The third-order valence-electron chi connectivity index (χ3n) is 5.05. The van der Waals surface area contributed by atoms with E-state index in [9.17, 15) is 4.79 Å². The van der Waals surface area contributed by atoms with Crippen LogP contribution in [0.1, 0.15) is 29.9 Å². The molecular weight excluding hydrogens is 354 g/mol. The number of likely N-dealkylation sites (tertiary alicyclic amines) is 1. The van der Waals surface area contributed by atoms with Crippen LogP contribution in [0.2, 0.25) is 0 Å². The van der Waals surface area contributed by atoms with E-state index in [-0.39, 0.29) is 17.9 Å². The number of benzene rings is 1. The van der Waals surface area contributed by atoms with Gasteiger partial charge in [0.15, 0.2) is 0 Å². The van der Waals surface area contributed by atoms with Gasteiger partial charge in [0.1, 0.15) is 0 Å². The highest BCUT2D eigenvalue weighted by atomic mass is 16.5. The van der Waals surface area contributed by atoms with Gasteiger partial charge in [-0.05, 0) is 55.2 Å². The highest BCUT2D eigenvalue weighted by Gasteiger charge is 2.37. The van der Waals surface area contributed by atoms with E-state index in [2.05, 4.69) is 33.4 Å². The number of nitrogens with zero attached hydrogens (tertiary/aromatic N) is 4. The third-order valence-corrected chi connectivity index (χ3v) is 5.05. The second-order valence-electron chi connectivity index (χ2n) is 7.49. The second kappa shape index (κ2) is 7.42. The van der Waals surface area contributed by atoms with Crippen molar-refractivity contribution in [3.63, 3.8) is 0 Å². The quantitative estimate of drug-likeness (QED) is 0.745. The molecule has 1 saturated heterocycles. The number of carbonyl (C=O) groups is 1. The number of urea groups is 1. The minimum Gasteiger partial charge on any atom is -0.339 e. The predicted molar refractivity (Wildman–Crippen MR) is 106 cm³/mol. The lowest BCUT2D eigenvalue weighted by Gasteiger charge is -2.17. The number of pyridine rings is 1. The minimum atomic E-state index is -0.105. The normalized spacial score (nSPS) is 19.0. The Morgan fingerprint density at radius 2 is 2.00 bits per heavy atom. The largest absolute Gasteiger partial charge is 0.339 e. The zero-order valence-electron chi connectivity index (χ0n) is 16.2. The van der Waals surface area contributed by atoms with Crippen molar-refractivity contribution >= 4 is 11.7 Å². The molecule has 0 unspecified atom stereocenters. The number of rotatable bonds is 3. The van der Waals surface area contributed by atoms with Crippen LogP contribution in [0.3, 0.4) is 0 Å². The van der Waals surface area contributed by atoms with Crippen molar-refractivity contribution in [2.45, 2.75) is 26.7 Å². The molecule has 0 radical (unpaired) electrons. The summed E-state index contributed by atoms with van der Waals surface area (Å²) in [7, 11) is 0. The van der Waals surface area contributed by atoms with Gasteiger partial charge in [-0.25, -0.2) is 4.79 Å². The smallest absolute Gasteiger partial charge is 0.321 e. The summed E-state index contributed by atoms with van der Waals surface area (Å²) in [5.41, 5.74) is 3.87. The van der Waals surface area contributed by atoms with Gasteiger partial charge in [0, 0.05) is 36.7 Å². The molecular formula is C21H23N5O2. The predicted octanol–water partition coefficient (Wildman–Crippen LogP) is 4.02. The standard InChI is InChI=1S/C21H23N5O2/c1-13-7-14(2)9-17(8-13)23-21(27)26-11-15(3)18(12-26)20-24-19(25-28-20)16-5-4-6-22-10-16/h4-10,15,18H,11-12H2,1-3H3,(H,23,27)/t15-,18-/m0/s1. The summed E-state index contributed by atoms with van der Waals surface area (Å²) in [6.45, 7) is 7.33. The molecule has 3 heterocycles. The number of carbonyl (C=O) groups excluding carboxylic acids is 1. The highest BCUT2D eigenvalue weighted by Crippen LogP contribution is 2.32. The van der Waals surface area contributed by atoms with E-state index in [0.717, 1.165) is 22.4 Å². The Balaban J connectivity index is 1.46. The fourth-order valence-electron chi connectivity index (χ4n) is 3.70. The summed E-state index contributed by atoms with van der Waals surface area (Å²) in [5, 5.41) is 7.08. The lowest BCUT2D eigenvalue weighted by molar-refractivity contribution is 0.220. The van der Waals surface area contributed by atoms with Gasteiger partial charge in [-0.3, -0.25) is 4.98 Å². The van der Waals surface area contributed by atoms with Crippen LogP contribution in [0.15, 0.2) is 47.2 Å². The van der Waals surface area contributed by atoms with Crippen LogP contribution in [0.25, 0.3) is 11.4 Å². The topological polar surface area (TPSA) is 84.2 Å². The molecule has 0 saturated carbocycles. The van der Waals surface area contributed by atoms with Crippen molar-refractivity contribution < 1.29 is 9.32 Å². The first-order valence-electron chi connectivity index (χ1n) is 9.38. The lowest BCUT2D eigenvalue weighted by Crippen LogP contribution is -2.33. The molecule has 2 aromatic heterocycles. The van der Waals surface area contributed by atoms with Crippen molar-refractivity contribution in [3.05, 3.63) is 59.7 Å². The maximum atomic E-state index is 12.7. The Kier molecular flexibility index (Phi) is 4.81. The van der Waals surface area contributed by atoms with Crippen molar-refractivity contribution in [1.29, 1.82) is 0 Å². The Bertz CT molecular complexity index is 965. The average Bonchev–Trinajstić information content (AvgIpc) is 3.28. The average molecular weight is 377 g/mol. The number of anilines is 1. The van der Waals surface area contributed by atoms with Crippen LogP contribution in [-0.4, -0.2) is 39.1 Å². The zero-order valence-corrected chi connectivity index (χ0v) is 16.2. The number of aromatic nitrogens is 3. The molecule has 1 fully saturated rings. The summed E-state index contributed by atoms with van der Waals surface area (Å²) in [5.74, 6) is 1.33. The van der Waals surface area contributed by atoms with Crippen LogP contribution in [0.4, 0.5) is 10.5 Å². The molecule has 1 N–H and O–H groups in total. The Morgan fingerprint density at radius 1 is 1.21 bits per heavy atom. The first-order valence-corrected chi connectivity index (χ1v) is 9.38. The highest BCUT2D eigenvalue weighted by molar-refractivity contribution is 5.89. The number of hydrogen-bond donors (Lipinski definition) is 1. The van der Waals surface area contributed by atoms with E-state index in [4.69, 9.17) is 4.52 Å². The molecule has 28 heavy (non-hydrogen) atoms. The van der Waals surface area contributed by atoms with E-state index in [0.29, 0.717) is 24.8 Å². The van der Waals surface area contributed by atoms with E-state index in [1.54, 1.807) is 17.3 Å². The molecule has 1 aliphatic rings. The first kappa shape index (κ1) is 18.2. The molecule has 1 aliphatic heterocycles. The third kappa shape index (κ3) is 3.74. The summed E-state index contributed by atoms with van der Waals surface area (Å²) < 4.78 is 5.50. The number of aryl methyl sites for hydroxylation is 2. The molecule has 1 aromatic carbocycles. The maximum Gasteiger partial charge on any atom is 0.321 e. The molecule has 3 aromatic rings. The van der Waals surface area contributed by atoms with Gasteiger partial charge < -0.3 is 14.7 Å². The van der Waals surface area contributed by atoms with E-state index in [1.165, 1.54) is 0 Å². The van der Waals surface area contributed by atoms with Gasteiger partial charge in [-0.1, -0.05) is 18.1 Å². The van der Waals surface area contributed by atoms with Crippen molar-refractivity contribution in [2.24, 2.45) is 5.92 Å². The molecule has 144 valence electrons. The van der Waals surface area contributed by atoms with Crippen LogP contribution in [0.5, 0.6) is 0 Å². The summed E-state index contributed by atoms with van der Waals surface area (Å²) in [6, 6.07) is 9.65. The minimum absolute atomic E-state index is 0.0166. The number of hydrogen-bond acceptors (Lipinski definition) is 5. The van der Waals surface area contributed by atoms with Gasteiger partial charge >= 0.3 is 6.03 Å². The van der Waals surface area contributed by atoms with E-state index in [1.807, 2.05) is 38.1 Å². The van der Waals surface area contributed by atoms with Crippen LogP contribution >= 0.6 is 0 Å². The van der Waals surface area contributed by atoms with Crippen molar-refractivity contribution in [2.75, 3.05) is 18.4 Å². The lowest BCUT2D eigenvalue weighted by atomic mass is 9.98. The number of nitrogens with one attached hydrogen (secondary N) is 1. The van der Waals surface area contributed by atoms with Gasteiger partial charge in [-0.15, -0.1) is 0 Å². The summed E-state index contributed by atoms with van der Waals surface area (Å²) in [4.78, 5) is 23.2. The zero-order chi connectivity index (χ0) is 19.7. The molecule has 0 bridgehead atoms. The molecule has 2 amide bonds. The maximum absolute atomic E-state index is 12.7. The summed E-state index contributed by atoms with van der Waals surface area (Å²) in [6.07, 6.45) is 3.41. The molecule has 2 atom stereocenters. The van der Waals surface area contributed by atoms with Gasteiger partial charge in [-0.2, -0.15) is 4.98 Å². The fourth-order valence-corrected chi connectivity index (χ4v) is 3.70. The van der Waals surface area contributed by atoms with Crippen LogP contribution in [0, 0.1) is 19.8 Å². The fraction of sp³-hybridized carbons (Fsp3) is 0.333. The SMILES string of the molecule is Cc1cc(C)cc(NC(=O)N2C[C@H](c3nc(-c4cccnc4)no3)[C@@H](C)C2)c1. The monoisotopic (exact) mass is 377 g/mol. The Hall–Kier alpha value is -3.22. The van der Waals surface area contributed by atoms with E-state index < -0.39 is 0 Å². The van der Waals surface area contributed by atoms with Crippen LogP contribution in [-0.2, 0) is 0 Å². The van der Waals surface area contributed by atoms with Crippen LogP contribution < -0.4 is 5.32 Å². The molecule has 7 nitrogen and oxygen atoms in total. The van der Waals surface area contributed by atoms with Gasteiger partial charge in [0.2, 0.25) is 11.7 Å². The molecule has 0 spiro atoms. The first-order chi connectivity index (χ1) is 13.5. The van der Waals surface area contributed by atoms with Crippen molar-refractivity contribution in [1.82, 2.24) is 20.0 Å². The molecule has 7 heteroatoms.